The van der Waals surface area contributed by atoms with E-state index in [0.717, 1.165) is 35.0 Å². The molecule has 0 aliphatic carbocycles. The van der Waals surface area contributed by atoms with Gasteiger partial charge in [0.1, 0.15) is 17.2 Å². The summed E-state index contributed by atoms with van der Waals surface area (Å²) in [6, 6.07) is 18.5. The monoisotopic (exact) mass is 607 g/mol. The second-order valence-corrected chi connectivity index (χ2v) is 10.9. The van der Waals surface area contributed by atoms with Crippen molar-refractivity contribution in [2.24, 2.45) is 0 Å². The van der Waals surface area contributed by atoms with E-state index in [-0.39, 0.29) is 17.2 Å². The van der Waals surface area contributed by atoms with Crippen molar-refractivity contribution in [1.82, 2.24) is 19.4 Å². The minimum Gasteiger partial charge on any atom is -0.507 e. The van der Waals surface area contributed by atoms with Gasteiger partial charge in [0, 0.05) is 48.9 Å². The summed E-state index contributed by atoms with van der Waals surface area (Å²) in [7, 11) is 5.67. The van der Waals surface area contributed by atoms with Crippen molar-refractivity contribution in [1.29, 1.82) is 0 Å². The van der Waals surface area contributed by atoms with Crippen LogP contribution in [-0.2, 0) is 11.3 Å². The SMILES string of the molecule is COc1ccc(NC(C)=O)c(Nc2nccc(-c3cn(Cc4ccc(C=O)c(O)c4)c4ccccc34)n2)c1NCCCN(C)C. The number of rotatable bonds is 13. The van der Waals surface area contributed by atoms with Crippen LogP contribution in [0.3, 0.4) is 0 Å². The summed E-state index contributed by atoms with van der Waals surface area (Å²) in [6.07, 6.45) is 5.25. The van der Waals surface area contributed by atoms with E-state index in [1.165, 1.54) is 6.92 Å². The number of nitrogens with zero attached hydrogens (tertiary/aromatic N) is 4. The van der Waals surface area contributed by atoms with Crippen molar-refractivity contribution in [2.45, 2.75) is 19.9 Å². The fourth-order valence-electron chi connectivity index (χ4n) is 5.21. The van der Waals surface area contributed by atoms with Gasteiger partial charge in [-0.2, -0.15) is 0 Å². The van der Waals surface area contributed by atoms with Gasteiger partial charge in [0.05, 0.1) is 29.7 Å². The first-order chi connectivity index (χ1) is 21.8. The zero-order valence-corrected chi connectivity index (χ0v) is 25.8. The van der Waals surface area contributed by atoms with Crippen molar-refractivity contribution in [2.75, 3.05) is 50.2 Å². The number of aromatic hydroxyl groups is 1. The number of fused-ring (bicyclic) bond motifs is 1. The molecule has 2 heterocycles. The zero-order valence-electron chi connectivity index (χ0n) is 25.8. The van der Waals surface area contributed by atoms with Crippen LogP contribution >= 0.6 is 0 Å². The Morgan fingerprint density at radius 3 is 2.64 bits per heavy atom. The van der Waals surface area contributed by atoms with Crippen molar-refractivity contribution in [3.63, 3.8) is 0 Å². The highest BCUT2D eigenvalue weighted by atomic mass is 16.5. The molecule has 1 amide bonds. The average Bonchev–Trinajstić information content (AvgIpc) is 3.38. The first-order valence-corrected chi connectivity index (χ1v) is 14.6. The normalized spacial score (nSPS) is 11.0. The van der Waals surface area contributed by atoms with Crippen LogP contribution in [0, 0.1) is 0 Å². The number of phenols is 1. The second-order valence-electron chi connectivity index (χ2n) is 10.9. The largest absolute Gasteiger partial charge is 0.507 e. The summed E-state index contributed by atoms with van der Waals surface area (Å²) in [5, 5.41) is 20.9. The molecule has 5 aromatic rings. The van der Waals surface area contributed by atoms with Crippen LogP contribution in [0.4, 0.5) is 23.0 Å². The molecule has 0 unspecified atom stereocenters. The molecule has 0 spiro atoms. The molecule has 0 saturated carbocycles. The van der Waals surface area contributed by atoms with Crippen LogP contribution in [-0.4, -0.2) is 71.0 Å². The number of ether oxygens (including phenoxy) is 1. The van der Waals surface area contributed by atoms with Crippen LogP contribution in [0.5, 0.6) is 11.5 Å². The third kappa shape index (κ3) is 7.22. The number of phenolic OH excluding ortho intramolecular Hbond substituents is 1. The second kappa shape index (κ2) is 13.9. The van der Waals surface area contributed by atoms with E-state index in [1.807, 2.05) is 62.8 Å². The van der Waals surface area contributed by atoms with Crippen LogP contribution in [0.1, 0.15) is 29.3 Å². The lowest BCUT2D eigenvalue weighted by atomic mass is 10.1. The zero-order chi connectivity index (χ0) is 31.9. The molecule has 4 N–H and O–H groups in total. The van der Waals surface area contributed by atoms with E-state index in [1.54, 1.807) is 31.5 Å². The fraction of sp³-hybridized carbons (Fsp3) is 0.235. The molecule has 232 valence electrons. The van der Waals surface area contributed by atoms with Crippen molar-refractivity contribution >= 4 is 46.1 Å². The summed E-state index contributed by atoms with van der Waals surface area (Å²) < 4.78 is 7.76. The maximum atomic E-state index is 12.1. The Labute approximate surface area is 261 Å². The highest BCUT2D eigenvalue weighted by Gasteiger charge is 2.18. The van der Waals surface area contributed by atoms with Gasteiger partial charge in [-0.1, -0.05) is 24.3 Å². The van der Waals surface area contributed by atoms with E-state index >= 15 is 0 Å². The number of methoxy groups -OCH3 is 1. The number of anilines is 4. The lowest BCUT2D eigenvalue weighted by molar-refractivity contribution is -0.114. The molecule has 0 radical (unpaired) electrons. The number of hydrogen-bond donors (Lipinski definition) is 4. The number of hydrogen-bond acceptors (Lipinski definition) is 9. The van der Waals surface area contributed by atoms with Gasteiger partial charge >= 0.3 is 0 Å². The van der Waals surface area contributed by atoms with E-state index < -0.39 is 0 Å². The standard InChI is InChI=1S/C34H37N7O4/c1-22(43)37-28-12-13-31(45-4)33(35-15-7-17-40(2)3)32(28)39-34-36-16-14-27(38-34)26-20-41(29-9-6-5-8-25(26)29)19-23-10-11-24(21-42)30(44)18-23/h5-6,8-14,16,18,20-21,35,44H,7,15,17,19H2,1-4H3,(H,37,43)(H,36,38,39). The Bertz CT molecular complexity index is 1830. The quantitative estimate of drug-likeness (QED) is 0.0977. The highest BCUT2D eigenvalue weighted by molar-refractivity contribution is 5.99. The molecular weight excluding hydrogens is 570 g/mol. The highest BCUT2D eigenvalue weighted by Crippen LogP contribution is 2.40. The van der Waals surface area contributed by atoms with Gasteiger partial charge < -0.3 is 35.3 Å². The maximum Gasteiger partial charge on any atom is 0.227 e. The Morgan fingerprint density at radius 1 is 1.09 bits per heavy atom. The number of benzene rings is 3. The molecule has 3 aromatic carbocycles. The Kier molecular flexibility index (Phi) is 9.59. The molecule has 11 heteroatoms. The van der Waals surface area contributed by atoms with Crippen LogP contribution in [0.2, 0.25) is 0 Å². The number of carbonyl (C=O) groups is 2. The Balaban J connectivity index is 1.51. The number of carbonyl (C=O) groups excluding carboxylic acids is 2. The smallest absolute Gasteiger partial charge is 0.227 e. The minimum absolute atomic E-state index is 0.0477. The van der Waals surface area contributed by atoms with Crippen LogP contribution in [0.25, 0.3) is 22.2 Å². The van der Waals surface area contributed by atoms with Gasteiger partial charge in [0.15, 0.2) is 6.29 Å². The molecule has 0 aliphatic heterocycles. The van der Waals surface area contributed by atoms with E-state index in [4.69, 9.17) is 9.72 Å². The lowest BCUT2D eigenvalue weighted by Gasteiger charge is -2.20. The molecule has 45 heavy (non-hydrogen) atoms. The van der Waals surface area contributed by atoms with Crippen molar-refractivity contribution in [3.05, 3.63) is 84.2 Å². The van der Waals surface area contributed by atoms with Gasteiger partial charge in [-0.25, -0.2) is 9.97 Å². The van der Waals surface area contributed by atoms with E-state index in [9.17, 15) is 14.7 Å². The van der Waals surface area contributed by atoms with E-state index in [2.05, 4.69) is 30.4 Å². The van der Waals surface area contributed by atoms with Crippen LogP contribution in [0.15, 0.2) is 73.1 Å². The molecule has 2 aromatic heterocycles. The number of aromatic nitrogens is 3. The number of para-hydroxylation sites is 1. The first kappa shape index (κ1) is 31.0. The molecular formula is C34H37N7O4. The summed E-state index contributed by atoms with van der Waals surface area (Å²) in [4.78, 5) is 34.8. The van der Waals surface area contributed by atoms with Crippen molar-refractivity contribution < 1.29 is 19.4 Å². The predicted octanol–water partition coefficient (Wildman–Crippen LogP) is 5.74. The molecule has 5 rings (SSSR count). The van der Waals surface area contributed by atoms with Gasteiger partial charge in [-0.05, 0) is 69.0 Å². The van der Waals surface area contributed by atoms with Crippen molar-refractivity contribution in [3.8, 4) is 22.8 Å². The topological polar surface area (TPSA) is 134 Å². The van der Waals surface area contributed by atoms with Gasteiger partial charge in [-0.15, -0.1) is 0 Å². The molecule has 0 saturated heterocycles. The predicted molar refractivity (Wildman–Crippen MR) is 178 cm³/mol. The number of aldehydes is 1. The fourth-order valence-corrected chi connectivity index (χ4v) is 5.21. The van der Waals surface area contributed by atoms with Gasteiger partial charge in [-0.3, -0.25) is 9.59 Å². The lowest BCUT2D eigenvalue weighted by Crippen LogP contribution is -2.17. The third-order valence-electron chi connectivity index (χ3n) is 7.31. The maximum absolute atomic E-state index is 12.1. The average molecular weight is 608 g/mol. The van der Waals surface area contributed by atoms with Gasteiger partial charge in [0.2, 0.25) is 11.9 Å². The Hall–Kier alpha value is -5.42. The molecule has 11 nitrogen and oxygen atoms in total. The van der Waals surface area contributed by atoms with Crippen LogP contribution < -0.4 is 20.7 Å². The molecule has 0 fully saturated rings. The summed E-state index contributed by atoms with van der Waals surface area (Å²) in [5.74, 6) is 0.699. The van der Waals surface area contributed by atoms with Gasteiger partial charge in [0.25, 0.3) is 0 Å². The first-order valence-electron chi connectivity index (χ1n) is 14.6. The van der Waals surface area contributed by atoms with E-state index in [0.29, 0.717) is 53.8 Å². The summed E-state index contributed by atoms with van der Waals surface area (Å²) in [6.45, 7) is 3.54. The molecule has 0 bridgehead atoms. The third-order valence-corrected chi connectivity index (χ3v) is 7.31. The Morgan fingerprint density at radius 2 is 1.91 bits per heavy atom. The number of nitrogens with one attached hydrogen (secondary N) is 3. The summed E-state index contributed by atoms with van der Waals surface area (Å²) >= 11 is 0. The molecule has 0 aliphatic rings. The molecule has 0 atom stereocenters. The number of amides is 1. The summed E-state index contributed by atoms with van der Waals surface area (Å²) in [5.41, 5.74) is 5.54. The minimum atomic E-state index is -0.210.